The van der Waals surface area contributed by atoms with E-state index in [0.29, 0.717) is 6.61 Å². The maximum atomic E-state index is 9.12. The molecule has 2 heteroatoms. The van der Waals surface area contributed by atoms with E-state index in [1.54, 1.807) is 5.70 Å². The molecule has 90 valence electrons. The van der Waals surface area contributed by atoms with Gasteiger partial charge >= 0.3 is 0 Å². The minimum atomic E-state index is 0.298. The topological polar surface area (TPSA) is 23.5 Å². The molecule has 0 aromatic carbocycles. The Morgan fingerprint density at radius 3 is 2.88 bits per heavy atom. The molecule has 0 radical (unpaired) electrons. The van der Waals surface area contributed by atoms with E-state index in [0.717, 1.165) is 36.8 Å². The minimum absolute atomic E-state index is 0.298. The van der Waals surface area contributed by atoms with Crippen molar-refractivity contribution in [3.63, 3.8) is 0 Å². The molecule has 2 bridgehead atoms. The zero-order chi connectivity index (χ0) is 11.1. The summed E-state index contributed by atoms with van der Waals surface area (Å²) in [5, 5.41) is 9.12. The van der Waals surface area contributed by atoms with Crippen LogP contribution in [0.1, 0.15) is 32.6 Å². The van der Waals surface area contributed by atoms with E-state index >= 15 is 0 Å². The number of rotatable bonds is 3. The predicted octanol–water partition coefficient (Wildman–Crippen LogP) is 2.25. The predicted molar refractivity (Wildman–Crippen MR) is 64.8 cm³/mol. The molecule has 1 aliphatic heterocycles. The van der Waals surface area contributed by atoms with E-state index in [2.05, 4.69) is 17.9 Å². The second-order valence-corrected chi connectivity index (χ2v) is 5.85. The van der Waals surface area contributed by atoms with E-state index < -0.39 is 0 Å². The van der Waals surface area contributed by atoms with Gasteiger partial charge in [0.25, 0.3) is 0 Å². The maximum absolute atomic E-state index is 9.12. The smallest absolute Gasteiger partial charge is 0.0606 e. The molecular weight excluding hydrogens is 198 g/mol. The first-order valence-corrected chi connectivity index (χ1v) is 6.87. The number of hydrogen-bond acceptors (Lipinski definition) is 2. The molecule has 0 saturated heterocycles. The summed E-state index contributed by atoms with van der Waals surface area (Å²) in [6.07, 6.45) is 8.02. The second kappa shape index (κ2) is 4.06. The summed E-state index contributed by atoms with van der Waals surface area (Å²) in [6, 6.07) is 0. The van der Waals surface area contributed by atoms with Gasteiger partial charge in [0.1, 0.15) is 0 Å². The molecule has 1 N–H and O–H groups in total. The zero-order valence-corrected chi connectivity index (χ0v) is 10.2. The van der Waals surface area contributed by atoms with Crippen molar-refractivity contribution < 1.29 is 5.11 Å². The van der Waals surface area contributed by atoms with Crippen LogP contribution >= 0.6 is 0 Å². The van der Waals surface area contributed by atoms with Crippen molar-refractivity contribution in [2.24, 2.45) is 23.7 Å². The first-order chi connectivity index (χ1) is 7.81. The number of aliphatic hydroxyl groups excluding tert-OH is 1. The molecule has 3 rings (SSSR count). The van der Waals surface area contributed by atoms with E-state index in [1.807, 2.05) is 0 Å². The zero-order valence-electron chi connectivity index (χ0n) is 10.2. The van der Waals surface area contributed by atoms with Crippen LogP contribution in [0.3, 0.4) is 0 Å². The third-order valence-electron chi connectivity index (χ3n) is 5.16. The van der Waals surface area contributed by atoms with Crippen molar-refractivity contribution in [3.8, 4) is 0 Å². The lowest BCUT2D eigenvalue weighted by molar-refractivity contribution is 0.188. The van der Waals surface area contributed by atoms with Crippen molar-refractivity contribution in [1.29, 1.82) is 0 Å². The quantitative estimate of drug-likeness (QED) is 0.790. The van der Waals surface area contributed by atoms with Crippen LogP contribution < -0.4 is 0 Å². The Kier molecular flexibility index (Phi) is 2.70. The van der Waals surface area contributed by atoms with Crippen molar-refractivity contribution in [1.82, 2.24) is 4.90 Å². The normalized spacial score (nSPS) is 41.9. The highest BCUT2D eigenvalue weighted by atomic mass is 16.3. The highest BCUT2D eigenvalue weighted by Gasteiger charge is 2.47. The highest BCUT2D eigenvalue weighted by Crippen LogP contribution is 2.55. The van der Waals surface area contributed by atoms with Crippen LogP contribution in [0, 0.1) is 23.7 Å². The third kappa shape index (κ3) is 1.50. The first-order valence-electron chi connectivity index (χ1n) is 6.87. The number of allylic oxidation sites excluding steroid dienone is 1. The van der Waals surface area contributed by atoms with Gasteiger partial charge < -0.3 is 10.0 Å². The number of nitrogens with zero attached hydrogens (tertiary/aromatic N) is 1. The maximum Gasteiger partial charge on any atom is 0.0606 e. The average molecular weight is 221 g/mol. The lowest BCUT2D eigenvalue weighted by atomic mass is 9.78. The van der Waals surface area contributed by atoms with E-state index in [-0.39, 0.29) is 0 Å². The van der Waals surface area contributed by atoms with Gasteiger partial charge in [0.05, 0.1) is 6.61 Å². The summed E-state index contributed by atoms with van der Waals surface area (Å²) in [6.45, 7) is 4.72. The molecule has 2 saturated carbocycles. The molecule has 2 fully saturated rings. The van der Waals surface area contributed by atoms with E-state index in [9.17, 15) is 0 Å². The Labute approximate surface area is 98.3 Å². The summed E-state index contributed by atoms with van der Waals surface area (Å²) in [5.41, 5.74) is 1.58. The minimum Gasteiger partial charge on any atom is -0.395 e. The lowest BCUT2D eigenvalue weighted by Gasteiger charge is -2.34. The van der Waals surface area contributed by atoms with Gasteiger partial charge in [-0.05, 0) is 43.4 Å². The Balaban J connectivity index is 1.77. The van der Waals surface area contributed by atoms with Crippen LogP contribution in [0.25, 0.3) is 0 Å². The van der Waals surface area contributed by atoms with Crippen LogP contribution in [0.4, 0.5) is 0 Å². The van der Waals surface area contributed by atoms with Crippen LogP contribution in [0.5, 0.6) is 0 Å². The highest BCUT2D eigenvalue weighted by molar-refractivity contribution is 5.17. The largest absolute Gasteiger partial charge is 0.395 e. The fourth-order valence-electron chi connectivity index (χ4n) is 4.42. The number of fused-ring (bicyclic) bond motifs is 2. The number of β-amino-alcohol motifs (C(OH)–C–C–N with tert-alkyl or cyclic N) is 1. The SMILES string of the molecule is CC1C2CCC(C2)C1C1=CCCN1CCO. The molecule has 0 aromatic rings. The van der Waals surface area contributed by atoms with Gasteiger partial charge in [-0.15, -0.1) is 0 Å². The van der Waals surface area contributed by atoms with Gasteiger partial charge in [0.2, 0.25) is 0 Å². The van der Waals surface area contributed by atoms with Gasteiger partial charge in [-0.2, -0.15) is 0 Å². The van der Waals surface area contributed by atoms with Gasteiger partial charge in [0, 0.05) is 24.7 Å². The molecule has 2 aliphatic carbocycles. The fraction of sp³-hybridized carbons (Fsp3) is 0.857. The third-order valence-corrected chi connectivity index (χ3v) is 5.16. The Hall–Kier alpha value is -0.500. The molecule has 3 aliphatic rings. The van der Waals surface area contributed by atoms with E-state index in [4.69, 9.17) is 5.11 Å². The average Bonchev–Trinajstić information content (AvgIpc) is 2.94. The van der Waals surface area contributed by atoms with Crippen LogP contribution in [-0.2, 0) is 0 Å². The molecule has 0 spiro atoms. The molecule has 4 atom stereocenters. The van der Waals surface area contributed by atoms with Crippen LogP contribution in [0.2, 0.25) is 0 Å². The summed E-state index contributed by atoms with van der Waals surface area (Å²) >= 11 is 0. The second-order valence-electron chi connectivity index (χ2n) is 5.85. The monoisotopic (exact) mass is 221 g/mol. The first kappa shape index (κ1) is 10.6. The summed E-state index contributed by atoms with van der Waals surface area (Å²) < 4.78 is 0. The summed E-state index contributed by atoms with van der Waals surface area (Å²) in [5.74, 6) is 3.63. The Morgan fingerprint density at radius 2 is 2.19 bits per heavy atom. The Bertz CT molecular complexity index is 297. The van der Waals surface area contributed by atoms with Crippen molar-refractivity contribution in [3.05, 3.63) is 11.8 Å². The molecular formula is C14H23NO. The summed E-state index contributed by atoms with van der Waals surface area (Å²) in [4.78, 5) is 2.43. The van der Waals surface area contributed by atoms with Gasteiger partial charge in [0.15, 0.2) is 0 Å². The van der Waals surface area contributed by atoms with Crippen molar-refractivity contribution >= 4 is 0 Å². The molecule has 0 aromatic heterocycles. The molecule has 1 heterocycles. The van der Waals surface area contributed by atoms with Crippen LogP contribution in [0.15, 0.2) is 11.8 Å². The summed E-state index contributed by atoms with van der Waals surface area (Å²) in [7, 11) is 0. The number of aliphatic hydroxyl groups is 1. The standard InChI is InChI=1S/C14H23NO/c1-10-11-4-5-12(9-11)14(10)13-3-2-6-15(13)7-8-16/h3,10-12,14,16H,2,4-9H2,1H3. The number of hydrogen-bond donors (Lipinski definition) is 1. The Morgan fingerprint density at radius 1 is 1.38 bits per heavy atom. The van der Waals surface area contributed by atoms with Gasteiger partial charge in [-0.25, -0.2) is 0 Å². The molecule has 2 nitrogen and oxygen atoms in total. The van der Waals surface area contributed by atoms with E-state index in [1.165, 1.54) is 25.7 Å². The molecule has 16 heavy (non-hydrogen) atoms. The fourth-order valence-corrected chi connectivity index (χ4v) is 4.42. The lowest BCUT2D eigenvalue weighted by Crippen LogP contribution is -2.32. The van der Waals surface area contributed by atoms with Crippen LogP contribution in [-0.4, -0.2) is 29.7 Å². The molecule has 4 unspecified atom stereocenters. The molecule has 0 amide bonds. The van der Waals surface area contributed by atoms with Gasteiger partial charge in [-0.1, -0.05) is 13.0 Å². The van der Waals surface area contributed by atoms with Gasteiger partial charge in [-0.3, -0.25) is 0 Å². The van der Waals surface area contributed by atoms with Crippen molar-refractivity contribution in [2.45, 2.75) is 32.6 Å². The van der Waals surface area contributed by atoms with Crippen molar-refractivity contribution in [2.75, 3.05) is 19.7 Å².